The van der Waals surface area contributed by atoms with Crippen molar-refractivity contribution in [1.29, 1.82) is 0 Å². The molecule has 1 aromatic heterocycles. The van der Waals surface area contributed by atoms with Crippen LogP contribution in [0, 0.1) is 0 Å². The number of methoxy groups -OCH3 is 2. The van der Waals surface area contributed by atoms with Crippen molar-refractivity contribution in [2.75, 3.05) is 26.1 Å². The lowest BCUT2D eigenvalue weighted by Gasteiger charge is -2.25. The van der Waals surface area contributed by atoms with Crippen LogP contribution >= 0.6 is 0 Å². The van der Waals surface area contributed by atoms with Crippen LogP contribution < -0.4 is 14.8 Å². The van der Waals surface area contributed by atoms with Crippen LogP contribution in [0.25, 0.3) is 10.9 Å². The number of carbonyl (C=O) groups is 2. The molecule has 198 valence electrons. The second-order valence-corrected chi connectivity index (χ2v) is 10.1. The summed E-state index contributed by atoms with van der Waals surface area (Å²) in [5.41, 5.74) is 3.25. The summed E-state index contributed by atoms with van der Waals surface area (Å²) in [6, 6.07) is 20.7. The average molecular weight is 515 g/mol. The maximum Gasteiger partial charge on any atom is 0.340 e. The highest BCUT2D eigenvalue weighted by Crippen LogP contribution is 2.30. The van der Waals surface area contributed by atoms with Gasteiger partial charge in [-0.2, -0.15) is 0 Å². The average Bonchev–Trinajstić information content (AvgIpc) is 3.32. The van der Waals surface area contributed by atoms with Crippen molar-refractivity contribution < 1.29 is 23.8 Å². The molecule has 1 heterocycles. The van der Waals surface area contributed by atoms with Gasteiger partial charge in [-0.3, -0.25) is 4.79 Å². The van der Waals surface area contributed by atoms with Crippen LogP contribution in [0.3, 0.4) is 0 Å². The number of amides is 1. The van der Waals surface area contributed by atoms with Gasteiger partial charge in [-0.25, -0.2) is 4.79 Å². The predicted octanol–water partition coefficient (Wildman–Crippen LogP) is 6.63. The second-order valence-electron chi connectivity index (χ2n) is 10.1. The SMILES string of the molecule is COc1ccc(C(=O)Nc2ccc(C(C)(C)COC(=O)c3cn(C(C)C)c4ccccc34)cc2)cc1OC. The lowest BCUT2D eigenvalue weighted by molar-refractivity contribution is 0.0429. The molecule has 0 unspecified atom stereocenters. The summed E-state index contributed by atoms with van der Waals surface area (Å²) in [7, 11) is 3.08. The highest BCUT2D eigenvalue weighted by molar-refractivity contribution is 6.05. The van der Waals surface area contributed by atoms with Crippen LogP contribution in [0.15, 0.2) is 72.9 Å². The number of para-hydroxylation sites is 1. The van der Waals surface area contributed by atoms with Gasteiger partial charge in [-0.1, -0.05) is 44.2 Å². The molecule has 0 radical (unpaired) electrons. The Labute approximate surface area is 223 Å². The monoisotopic (exact) mass is 514 g/mol. The van der Waals surface area contributed by atoms with E-state index in [0.29, 0.717) is 28.3 Å². The van der Waals surface area contributed by atoms with E-state index < -0.39 is 5.41 Å². The first kappa shape index (κ1) is 26.8. The fraction of sp³-hybridized carbons (Fsp3) is 0.290. The van der Waals surface area contributed by atoms with Gasteiger partial charge in [-0.05, 0) is 55.8 Å². The maximum absolute atomic E-state index is 13.1. The largest absolute Gasteiger partial charge is 0.493 e. The minimum atomic E-state index is -0.433. The Morgan fingerprint density at radius 2 is 1.61 bits per heavy atom. The summed E-state index contributed by atoms with van der Waals surface area (Å²) in [4.78, 5) is 25.8. The number of anilines is 1. The van der Waals surface area contributed by atoms with Crippen molar-refractivity contribution in [2.45, 2.75) is 39.2 Å². The van der Waals surface area contributed by atoms with E-state index in [4.69, 9.17) is 14.2 Å². The number of fused-ring (bicyclic) bond motifs is 1. The van der Waals surface area contributed by atoms with Gasteiger partial charge >= 0.3 is 5.97 Å². The number of aromatic nitrogens is 1. The Hall–Kier alpha value is -4.26. The van der Waals surface area contributed by atoms with E-state index >= 15 is 0 Å². The molecule has 0 aliphatic rings. The third-order valence-corrected chi connectivity index (χ3v) is 6.65. The molecule has 0 spiro atoms. The Kier molecular flexibility index (Phi) is 7.76. The van der Waals surface area contributed by atoms with E-state index in [1.807, 2.05) is 68.6 Å². The van der Waals surface area contributed by atoms with Gasteiger partial charge in [0, 0.05) is 39.8 Å². The van der Waals surface area contributed by atoms with Crippen LogP contribution in [0.5, 0.6) is 11.5 Å². The number of esters is 1. The highest BCUT2D eigenvalue weighted by atomic mass is 16.5. The fourth-order valence-corrected chi connectivity index (χ4v) is 4.39. The minimum Gasteiger partial charge on any atom is -0.493 e. The lowest BCUT2D eigenvalue weighted by Crippen LogP contribution is -2.26. The smallest absolute Gasteiger partial charge is 0.340 e. The number of hydrogen-bond donors (Lipinski definition) is 1. The number of rotatable bonds is 9. The van der Waals surface area contributed by atoms with Crippen LogP contribution in [0.4, 0.5) is 5.69 Å². The maximum atomic E-state index is 13.1. The van der Waals surface area contributed by atoms with Gasteiger partial charge < -0.3 is 24.1 Å². The summed E-state index contributed by atoms with van der Waals surface area (Å²) in [5, 5.41) is 3.79. The number of nitrogens with zero attached hydrogens (tertiary/aromatic N) is 1. The quantitative estimate of drug-likeness (QED) is 0.254. The normalized spacial score (nSPS) is 11.4. The molecule has 7 nitrogen and oxygen atoms in total. The standard InChI is InChI=1S/C31H34N2O5/c1-20(2)33-18-25(24-9-7-8-10-26(24)33)30(35)38-19-31(3,4)22-12-14-23(15-13-22)32-29(34)21-11-16-27(36-5)28(17-21)37-6/h7-18,20H,19H2,1-6H3,(H,32,34). The predicted molar refractivity (Wildman–Crippen MR) is 150 cm³/mol. The number of carbonyl (C=O) groups excluding carboxylic acids is 2. The lowest BCUT2D eigenvalue weighted by atomic mass is 9.85. The van der Waals surface area contributed by atoms with E-state index in [2.05, 4.69) is 23.7 Å². The van der Waals surface area contributed by atoms with Crippen LogP contribution in [-0.4, -0.2) is 37.3 Å². The summed E-state index contributed by atoms with van der Waals surface area (Å²) < 4.78 is 18.4. The zero-order valence-corrected chi connectivity index (χ0v) is 22.7. The Morgan fingerprint density at radius 1 is 0.921 bits per heavy atom. The Balaban J connectivity index is 1.43. The van der Waals surface area contributed by atoms with Crippen molar-refractivity contribution in [1.82, 2.24) is 4.57 Å². The van der Waals surface area contributed by atoms with E-state index in [1.54, 1.807) is 25.3 Å². The first-order chi connectivity index (χ1) is 18.1. The highest BCUT2D eigenvalue weighted by Gasteiger charge is 2.25. The molecule has 0 saturated carbocycles. The van der Waals surface area contributed by atoms with Gasteiger partial charge in [0.2, 0.25) is 0 Å². The summed E-state index contributed by atoms with van der Waals surface area (Å²) >= 11 is 0. The van der Waals surface area contributed by atoms with Crippen molar-refractivity contribution in [2.24, 2.45) is 0 Å². The van der Waals surface area contributed by atoms with Crippen LogP contribution in [0.1, 0.15) is 60.0 Å². The van der Waals surface area contributed by atoms with Gasteiger partial charge in [0.1, 0.15) is 6.61 Å². The molecular weight excluding hydrogens is 480 g/mol. The third-order valence-electron chi connectivity index (χ3n) is 6.65. The van der Waals surface area contributed by atoms with E-state index in [1.165, 1.54) is 7.11 Å². The van der Waals surface area contributed by atoms with Crippen LogP contribution in [0.2, 0.25) is 0 Å². The van der Waals surface area contributed by atoms with Gasteiger partial charge in [0.05, 0.1) is 19.8 Å². The minimum absolute atomic E-state index is 0.213. The van der Waals surface area contributed by atoms with Crippen molar-refractivity contribution in [3.63, 3.8) is 0 Å². The molecule has 3 aromatic carbocycles. The molecule has 1 amide bonds. The van der Waals surface area contributed by atoms with Crippen molar-refractivity contribution in [3.05, 3.63) is 89.6 Å². The van der Waals surface area contributed by atoms with Gasteiger partial charge in [0.15, 0.2) is 11.5 Å². The van der Waals surface area contributed by atoms with E-state index in [-0.39, 0.29) is 24.5 Å². The molecule has 0 aliphatic carbocycles. The zero-order chi connectivity index (χ0) is 27.4. The molecular formula is C31H34N2O5. The molecule has 4 aromatic rings. The molecule has 0 bridgehead atoms. The Morgan fingerprint density at radius 3 is 2.26 bits per heavy atom. The summed E-state index contributed by atoms with van der Waals surface area (Å²) in [5.74, 6) is 0.447. The zero-order valence-electron chi connectivity index (χ0n) is 22.7. The summed E-state index contributed by atoms with van der Waals surface area (Å²) in [6.45, 7) is 8.43. The number of hydrogen-bond acceptors (Lipinski definition) is 5. The van der Waals surface area contributed by atoms with E-state index in [9.17, 15) is 9.59 Å². The van der Waals surface area contributed by atoms with Gasteiger partial charge in [0.25, 0.3) is 5.91 Å². The summed E-state index contributed by atoms with van der Waals surface area (Å²) in [6.07, 6.45) is 1.88. The van der Waals surface area contributed by atoms with Crippen LogP contribution in [-0.2, 0) is 10.2 Å². The molecule has 0 aliphatic heterocycles. The second kappa shape index (κ2) is 11.0. The van der Waals surface area contributed by atoms with E-state index in [0.717, 1.165) is 16.5 Å². The molecule has 0 fully saturated rings. The first-order valence-electron chi connectivity index (χ1n) is 12.5. The van der Waals surface area contributed by atoms with Gasteiger partial charge in [-0.15, -0.1) is 0 Å². The molecule has 4 rings (SSSR count). The number of benzene rings is 3. The fourth-order valence-electron chi connectivity index (χ4n) is 4.39. The third kappa shape index (κ3) is 5.52. The molecule has 7 heteroatoms. The topological polar surface area (TPSA) is 78.8 Å². The molecule has 0 atom stereocenters. The molecule has 1 N–H and O–H groups in total. The Bertz CT molecular complexity index is 1450. The van der Waals surface area contributed by atoms with Crippen molar-refractivity contribution in [3.8, 4) is 11.5 Å². The molecule has 38 heavy (non-hydrogen) atoms. The molecule has 0 saturated heterocycles. The number of ether oxygens (including phenoxy) is 3. The number of nitrogens with one attached hydrogen (secondary N) is 1. The first-order valence-corrected chi connectivity index (χ1v) is 12.5. The van der Waals surface area contributed by atoms with Crippen molar-refractivity contribution >= 4 is 28.5 Å².